The van der Waals surface area contributed by atoms with Gasteiger partial charge in [0.2, 0.25) is 0 Å². The van der Waals surface area contributed by atoms with Crippen LogP contribution in [0.2, 0.25) is 5.02 Å². The van der Waals surface area contributed by atoms with E-state index in [9.17, 15) is 0 Å². The van der Waals surface area contributed by atoms with Gasteiger partial charge in [0.1, 0.15) is 23.6 Å². The van der Waals surface area contributed by atoms with Crippen molar-refractivity contribution in [1.82, 2.24) is 0 Å². The Morgan fingerprint density at radius 2 is 2.03 bits per heavy atom. The van der Waals surface area contributed by atoms with Crippen LogP contribution < -0.4 is 10.1 Å². The number of nitrogens with one attached hydrogen (secondary N) is 1. The second-order valence-corrected chi connectivity index (χ2v) is 8.53. The van der Waals surface area contributed by atoms with Crippen molar-refractivity contribution in [3.05, 3.63) is 71.3 Å². The lowest BCUT2D eigenvalue weighted by atomic mass is 9.87. The summed E-state index contributed by atoms with van der Waals surface area (Å²) in [6, 6.07) is 14.0. The fraction of sp³-hybridized carbons (Fsp3) is 0.417. The van der Waals surface area contributed by atoms with Crippen molar-refractivity contribution >= 4 is 17.3 Å². The number of hydrogen-bond donors (Lipinski definition) is 1. The minimum atomic E-state index is -0.523. The summed E-state index contributed by atoms with van der Waals surface area (Å²) in [7, 11) is 0. The van der Waals surface area contributed by atoms with Gasteiger partial charge in [0.25, 0.3) is 0 Å². The monoisotopic (exact) mass is 415 g/mol. The molecule has 0 spiro atoms. The zero-order chi connectivity index (χ0) is 21.0. The van der Waals surface area contributed by atoms with E-state index in [0.717, 1.165) is 27.6 Å². The molecule has 0 aromatic heterocycles. The molecule has 1 heterocycles. The normalized spacial score (nSPS) is 20.1. The highest BCUT2D eigenvalue weighted by Gasteiger charge is 2.45. The first-order valence-electron chi connectivity index (χ1n) is 9.99. The molecule has 0 saturated carbocycles. The summed E-state index contributed by atoms with van der Waals surface area (Å²) in [6.07, 6.45) is 1.32. The molecule has 0 saturated heterocycles. The van der Waals surface area contributed by atoms with Gasteiger partial charge in [-0.3, -0.25) is 0 Å². The van der Waals surface area contributed by atoms with Gasteiger partial charge in [0.05, 0.1) is 12.7 Å². The van der Waals surface area contributed by atoms with E-state index in [1.165, 1.54) is 0 Å². The van der Waals surface area contributed by atoms with Gasteiger partial charge in [-0.05, 0) is 63.6 Å². The number of anilines is 1. The summed E-state index contributed by atoms with van der Waals surface area (Å²) in [4.78, 5) is 0. The molecule has 0 aliphatic carbocycles. The molecule has 1 aliphatic rings. The standard InChI is InChI=1S/C24H30ClNO3/c1-6-12-27-23-22(28-16(2)3)20-14-19(10-11-21(20)29-24(23,4)5)26-15-17-8-7-9-18(25)13-17/h6-11,13-14,16,22-23,26H,1,12,15H2,2-5H3. The van der Waals surface area contributed by atoms with E-state index in [2.05, 4.69) is 18.0 Å². The van der Waals surface area contributed by atoms with Crippen LogP contribution in [0.3, 0.4) is 0 Å². The molecular formula is C24H30ClNO3. The highest BCUT2D eigenvalue weighted by molar-refractivity contribution is 6.30. The van der Waals surface area contributed by atoms with Crippen LogP contribution in [0.5, 0.6) is 5.75 Å². The molecule has 29 heavy (non-hydrogen) atoms. The largest absolute Gasteiger partial charge is 0.485 e. The maximum absolute atomic E-state index is 6.31. The maximum atomic E-state index is 6.31. The summed E-state index contributed by atoms with van der Waals surface area (Å²) in [5.74, 6) is 0.826. The highest BCUT2D eigenvalue weighted by atomic mass is 35.5. The lowest BCUT2D eigenvalue weighted by molar-refractivity contribution is -0.168. The van der Waals surface area contributed by atoms with Gasteiger partial charge in [0.15, 0.2) is 0 Å². The SMILES string of the molecule is C=CCOC1C(OC(C)C)c2cc(NCc3cccc(Cl)c3)ccc2OC1(C)C. The first kappa shape index (κ1) is 21.7. The number of benzene rings is 2. The Bertz CT molecular complexity index is 850. The van der Waals surface area contributed by atoms with E-state index in [0.29, 0.717) is 13.2 Å². The summed E-state index contributed by atoms with van der Waals surface area (Å²) < 4.78 is 18.7. The van der Waals surface area contributed by atoms with Crippen LogP contribution in [0.15, 0.2) is 55.1 Å². The van der Waals surface area contributed by atoms with Crippen LogP contribution in [0.1, 0.15) is 44.9 Å². The molecule has 0 bridgehead atoms. The minimum absolute atomic E-state index is 0.0552. The molecule has 0 fully saturated rings. The van der Waals surface area contributed by atoms with Crippen molar-refractivity contribution in [2.24, 2.45) is 0 Å². The maximum Gasteiger partial charge on any atom is 0.132 e. The van der Waals surface area contributed by atoms with E-state index in [4.69, 9.17) is 25.8 Å². The van der Waals surface area contributed by atoms with Gasteiger partial charge in [-0.1, -0.05) is 29.8 Å². The molecule has 5 heteroatoms. The Morgan fingerprint density at radius 3 is 2.72 bits per heavy atom. The molecule has 0 radical (unpaired) electrons. The van der Waals surface area contributed by atoms with Crippen molar-refractivity contribution in [2.45, 2.75) is 58.2 Å². The lowest BCUT2D eigenvalue weighted by Crippen LogP contribution is -2.51. The van der Waals surface area contributed by atoms with E-state index in [1.54, 1.807) is 6.08 Å². The summed E-state index contributed by atoms with van der Waals surface area (Å²) in [6.45, 7) is 13.0. The Labute approximate surface area is 178 Å². The fourth-order valence-corrected chi connectivity index (χ4v) is 3.80. The lowest BCUT2D eigenvalue weighted by Gasteiger charge is -2.44. The Kier molecular flexibility index (Phi) is 6.89. The Morgan fingerprint density at radius 1 is 1.24 bits per heavy atom. The van der Waals surface area contributed by atoms with Gasteiger partial charge in [-0.25, -0.2) is 0 Å². The molecule has 2 aromatic rings. The minimum Gasteiger partial charge on any atom is -0.485 e. The van der Waals surface area contributed by atoms with E-state index in [1.807, 2.05) is 64.1 Å². The number of rotatable bonds is 8. The Balaban J connectivity index is 1.88. The van der Waals surface area contributed by atoms with Crippen LogP contribution in [-0.4, -0.2) is 24.4 Å². The summed E-state index contributed by atoms with van der Waals surface area (Å²) in [5.41, 5.74) is 2.58. The molecule has 1 N–H and O–H groups in total. The molecule has 0 amide bonds. The average Bonchev–Trinajstić information content (AvgIpc) is 2.65. The summed E-state index contributed by atoms with van der Waals surface area (Å²) >= 11 is 6.09. The van der Waals surface area contributed by atoms with Crippen molar-refractivity contribution < 1.29 is 14.2 Å². The molecule has 2 atom stereocenters. The van der Waals surface area contributed by atoms with Crippen LogP contribution >= 0.6 is 11.6 Å². The van der Waals surface area contributed by atoms with Gasteiger partial charge >= 0.3 is 0 Å². The Hall–Kier alpha value is -2.01. The smallest absolute Gasteiger partial charge is 0.132 e. The number of ether oxygens (including phenoxy) is 3. The number of halogens is 1. The van der Waals surface area contributed by atoms with Crippen molar-refractivity contribution in [3.8, 4) is 5.75 Å². The third-order valence-electron chi connectivity index (χ3n) is 4.85. The van der Waals surface area contributed by atoms with Crippen LogP contribution in [0.4, 0.5) is 5.69 Å². The van der Waals surface area contributed by atoms with Crippen LogP contribution in [0.25, 0.3) is 0 Å². The zero-order valence-electron chi connectivity index (χ0n) is 17.6. The highest BCUT2D eigenvalue weighted by Crippen LogP contribution is 2.44. The van der Waals surface area contributed by atoms with Gasteiger partial charge in [-0.15, -0.1) is 6.58 Å². The quantitative estimate of drug-likeness (QED) is 0.524. The van der Waals surface area contributed by atoms with Crippen LogP contribution in [0, 0.1) is 0 Å². The third kappa shape index (κ3) is 5.33. The molecule has 2 unspecified atom stereocenters. The summed E-state index contributed by atoms with van der Waals surface area (Å²) in [5, 5.41) is 4.20. The molecule has 156 valence electrons. The molecule has 3 rings (SSSR count). The third-order valence-corrected chi connectivity index (χ3v) is 5.08. The second-order valence-electron chi connectivity index (χ2n) is 8.09. The predicted molar refractivity (Wildman–Crippen MR) is 119 cm³/mol. The van der Waals surface area contributed by atoms with E-state index < -0.39 is 5.60 Å². The van der Waals surface area contributed by atoms with Crippen molar-refractivity contribution in [3.63, 3.8) is 0 Å². The van der Waals surface area contributed by atoms with Crippen molar-refractivity contribution in [1.29, 1.82) is 0 Å². The van der Waals surface area contributed by atoms with E-state index in [-0.39, 0.29) is 18.3 Å². The first-order chi connectivity index (χ1) is 13.8. The van der Waals surface area contributed by atoms with Gasteiger partial charge < -0.3 is 19.5 Å². The molecule has 1 aliphatic heterocycles. The van der Waals surface area contributed by atoms with Gasteiger partial charge in [-0.2, -0.15) is 0 Å². The zero-order valence-corrected chi connectivity index (χ0v) is 18.3. The first-order valence-corrected chi connectivity index (χ1v) is 10.4. The number of fused-ring (bicyclic) bond motifs is 1. The topological polar surface area (TPSA) is 39.7 Å². The molecule has 4 nitrogen and oxygen atoms in total. The fourth-order valence-electron chi connectivity index (χ4n) is 3.59. The number of hydrogen-bond acceptors (Lipinski definition) is 4. The predicted octanol–water partition coefficient (Wildman–Crippen LogP) is 6.16. The van der Waals surface area contributed by atoms with Gasteiger partial charge in [0, 0.05) is 22.8 Å². The van der Waals surface area contributed by atoms with Crippen molar-refractivity contribution in [2.75, 3.05) is 11.9 Å². The van der Waals surface area contributed by atoms with Crippen LogP contribution in [-0.2, 0) is 16.0 Å². The molecular weight excluding hydrogens is 386 g/mol. The molecule has 2 aromatic carbocycles. The average molecular weight is 416 g/mol. The van der Waals surface area contributed by atoms with E-state index >= 15 is 0 Å². The second kappa shape index (κ2) is 9.21.